The minimum Gasteiger partial charge on any atom is -0.326 e. The molecule has 7 heteroatoms. The van der Waals surface area contributed by atoms with Crippen molar-refractivity contribution in [1.29, 1.82) is 0 Å². The lowest BCUT2D eigenvalue weighted by Gasteiger charge is -2.19. The molecule has 0 unspecified atom stereocenters. The Bertz CT molecular complexity index is 914. The van der Waals surface area contributed by atoms with E-state index in [0.29, 0.717) is 23.2 Å². The molecule has 1 aliphatic heterocycles. The number of carbonyl (C=O) groups is 2. The molecule has 0 fully saturated rings. The molecule has 7 nitrogen and oxygen atoms in total. The first-order valence-corrected chi connectivity index (χ1v) is 7.62. The second-order valence-corrected chi connectivity index (χ2v) is 5.88. The van der Waals surface area contributed by atoms with Crippen molar-refractivity contribution in [3.8, 4) is 0 Å². The molecular formula is C17H15N5O2. The lowest BCUT2D eigenvalue weighted by Crippen LogP contribution is -2.41. The number of carbonyl (C=O) groups excluding carboxylic acids is 2. The van der Waals surface area contributed by atoms with Gasteiger partial charge in [0, 0.05) is 24.2 Å². The SMILES string of the molecule is N[C@@H](Cc1cnc2[nH]ncc2c1)CN1C(=O)c2ccccc2C1=O. The summed E-state index contributed by atoms with van der Waals surface area (Å²) in [5.41, 5.74) is 8.70. The third kappa shape index (κ3) is 2.35. The number of fused-ring (bicyclic) bond motifs is 2. The first kappa shape index (κ1) is 14.5. The van der Waals surface area contributed by atoms with Gasteiger partial charge < -0.3 is 5.73 Å². The van der Waals surface area contributed by atoms with Gasteiger partial charge in [-0.3, -0.25) is 19.6 Å². The molecule has 24 heavy (non-hydrogen) atoms. The molecule has 1 aliphatic rings. The van der Waals surface area contributed by atoms with Crippen LogP contribution in [0.3, 0.4) is 0 Å². The molecule has 0 aliphatic carbocycles. The van der Waals surface area contributed by atoms with Crippen LogP contribution in [0, 0.1) is 0 Å². The van der Waals surface area contributed by atoms with Gasteiger partial charge in [-0.1, -0.05) is 12.1 Å². The van der Waals surface area contributed by atoms with Crippen LogP contribution < -0.4 is 5.73 Å². The second-order valence-electron chi connectivity index (χ2n) is 5.88. The van der Waals surface area contributed by atoms with Crippen molar-refractivity contribution in [3.05, 3.63) is 59.4 Å². The minimum absolute atomic E-state index is 0.176. The van der Waals surface area contributed by atoms with E-state index >= 15 is 0 Å². The number of nitrogens with zero attached hydrogens (tertiary/aromatic N) is 3. The van der Waals surface area contributed by atoms with Crippen LogP contribution in [0.5, 0.6) is 0 Å². The van der Waals surface area contributed by atoms with E-state index in [2.05, 4.69) is 15.2 Å². The predicted octanol–water partition coefficient (Wildman–Crippen LogP) is 1.12. The highest BCUT2D eigenvalue weighted by Gasteiger charge is 2.35. The summed E-state index contributed by atoms with van der Waals surface area (Å²) >= 11 is 0. The van der Waals surface area contributed by atoms with E-state index in [-0.39, 0.29) is 24.4 Å². The van der Waals surface area contributed by atoms with Crippen LogP contribution in [-0.4, -0.2) is 44.5 Å². The molecule has 3 N–H and O–H groups in total. The Labute approximate surface area is 137 Å². The monoisotopic (exact) mass is 321 g/mol. The first-order valence-electron chi connectivity index (χ1n) is 7.62. The highest BCUT2D eigenvalue weighted by atomic mass is 16.2. The van der Waals surface area contributed by atoms with Gasteiger partial charge in [0.15, 0.2) is 5.65 Å². The fourth-order valence-electron chi connectivity index (χ4n) is 3.00. The molecule has 1 atom stereocenters. The fraction of sp³-hybridized carbons (Fsp3) is 0.176. The van der Waals surface area contributed by atoms with Crippen molar-refractivity contribution in [2.75, 3.05) is 6.54 Å². The van der Waals surface area contributed by atoms with E-state index in [9.17, 15) is 9.59 Å². The summed E-state index contributed by atoms with van der Waals surface area (Å²) in [7, 11) is 0. The van der Waals surface area contributed by atoms with Crippen LogP contribution in [0.4, 0.5) is 0 Å². The van der Waals surface area contributed by atoms with E-state index in [0.717, 1.165) is 10.9 Å². The first-order chi connectivity index (χ1) is 11.6. The highest BCUT2D eigenvalue weighted by Crippen LogP contribution is 2.22. The minimum atomic E-state index is -0.363. The Morgan fingerprint density at radius 1 is 1.12 bits per heavy atom. The lowest BCUT2D eigenvalue weighted by atomic mass is 10.1. The zero-order valence-corrected chi connectivity index (χ0v) is 12.8. The maximum absolute atomic E-state index is 12.4. The number of aromatic amines is 1. The van der Waals surface area contributed by atoms with Gasteiger partial charge >= 0.3 is 0 Å². The van der Waals surface area contributed by atoms with E-state index < -0.39 is 0 Å². The Kier molecular flexibility index (Phi) is 3.35. The van der Waals surface area contributed by atoms with Crippen LogP contribution in [0.15, 0.2) is 42.7 Å². The second kappa shape index (κ2) is 5.54. The van der Waals surface area contributed by atoms with Crippen LogP contribution >= 0.6 is 0 Å². The van der Waals surface area contributed by atoms with Gasteiger partial charge in [0.25, 0.3) is 11.8 Å². The largest absolute Gasteiger partial charge is 0.326 e. The third-order valence-corrected chi connectivity index (χ3v) is 4.14. The van der Waals surface area contributed by atoms with E-state index in [1.54, 1.807) is 36.7 Å². The van der Waals surface area contributed by atoms with E-state index in [4.69, 9.17) is 5.73 Å². The van der Waals surface area contributed by atoms with Gasteiger partial charge in [-0.15, -0.1) is 0 Å². The lowest BCUT2D eigenvalue weighted by molar-refractivity contribution is 0.0644. The molecule has 0 saturated heterocycles. The summed E-state index contributed by atoms with van der Waals surface area (Å²) in [6.45, 7) is 0.176. The Morgan fingerprint density at radius 3 is 2.54 bits per heavy atom. The molecule has 3 heterocycles. The van der Waals surface area contributed by atoms with Crippen LogP contribution in [0.25, 0.3) is 11.0 Å². The molecule has 120 valence electrons. The molecule has 0 radical (unpaired) electrons. The van der Waals surface area contributed by atoms with Gasteiger partial charge in [-0.25, -0.2) is 4.98 Å². The number of pyridine rings is 1. The standard InChI is InChI=1S/C17H15N5O2/c18-12(6-10-5-11-8-20-21-15(11)19-7-10)9-22-16(23)13-3-1-2-4-14(13)17(22)24/h1-5,7-8,12H,6,9,18H2,(H,19,20,21)/t12-/m0/s1. The maximum atomic E-state index is 12.4. The van der Waals surface area contributed by atoms with Crippen molar-refractivity contribution in [3.63, 3.8) is 0 Å². The summed E-state index contributed by atoms with van der Waals surface area (Å²) in [4.78, 5) is 30.2. The molecule has 0 saturated carbocycles. The molecule has 2 amide bonds. The van der Waals surface area contributed by atoms with Gasteiger partial charge in [-0.05, 0) is 30.2 Å². The molecule has 0 bridgehead atoms. The van der Waals surface area contributed by atoms with Crippen molar-refractivity contribution < 1.29 is 9.59 Å². The van der Waals surface area contributed by atoms with Crippen molar-refractivity contribution in [2.24, 2.45) is 5.73 Å². The fourth-order valence-corrected chi connectivity index (χ4v) is 3.00. The van der Waals surface area contributed by atoms with Gasteiger partial charge in [-0.2, -0.15) is 5.10 Å². The van der Waals surface area contributed by atoms with Crippen molar-refractivity contribution in [1.82, 2.24) is 20.1 Å². The average molecular weight is 321 g/mol. The molecular weight excluding hydrogens is 306 g/mol. The molecule has 1 aromatic carbocycles. The summed E-state index contributed by atoms with van der Waals surface area (Å²) in [6, 6.07) is 8.42. The van der Waals surface area contributed by atoms with E-state index in [1.807, 2.05) is 6.07 Å². The Balaban J connectivity index is 1.49. The van der Waals surface area contributed by atoms with Crippen molar-refractivity contribution >= 4 is 22.8 Å². The number of hydrogen-bond donors (Lipinski definition) is 2. The summed E-state index contributed by atoms with van der Waals surface area (Å²) in [5.74, 6) is -0.566. The highest BCUT2D eigenvalue weighted by molar-refractivity contribution is 6.21. The number of imide groups is 1. The normalized spacial score (nSPS) is 15.1. The Morgan fingerprint density at radius 2 is 1.83 bits per heavy atom. The van der Waals surface area contributed by atoms with Crippen LogP contribution in [0.1, 0.15) is 26.3 Å². The summed E-state index contributed by atoms with van der Waals surface area (Å²) in [5, 5.41) is 7.63. The summed E-state index contributed by atoms with van der Waals surface area (Å²) < 4.78 is 0. The third-order valence-electron chi connectivity index (χ3n) is 4.14. The molecule has 2 aromatic heterocycles. The van der Waals surface area contributed by atoms with Crippen molar-refractivity contribution in [2.45, 2.75) is 12.5 Å². The molecule has 3 aromatic rings. The number of rotatable bonds is 4. The number of aromatic nitrogens is 3. The number of amides is 2. The number of nitrogens with two attached hydrogens (primary N) is 1. The average Bonchev–Trinajstić information content (AvgIpc) is 3.14. The Hall–Kier alpha value is -3.06. The number of nitrogens with one attached hydrogen (secondary N) is 1. The molecule has 0 spiro atoms. The maximum Gasteiger partial charge on any atom is 0.261 e. The van der Waals surface area contributed by atoms with Gasteiger partial charge in [0.1, 0.15) is 0 Å². The molecule has 4 rings (SSSR count). The smallest absolute Gasteiger partial charge is 0.261 e. The predicted molar refractivity (Wildman–Crippen MR) is 87.4 cm³/mol. The zero-order chi connectivity index (χ0) is 16.7. The summed E-state index contributed by atoms with van der Waals surface area (Å²) in [6.07, 6.45) is 3.94. The number of hydrogen-bond acceptors (Lipinski definition) is 5. The van der Waals surface area contributed by atoms with Gasteiger partial charge in [0.05, 0.1) is 17.3 Å². The number of H-pyrrole nitrogens is 1. The zero-order valence-electron chi connectivity index (χ0n) is 12.8. The van der Waals surface area contributed by atoms with Gasteiger partial charge in [0.2, 0.25) is 0 Å². The quantitative estimate of drug-likeness (QED) is 0.701. The van der Waals surface area contributed by atoms with Crippen LogP contribution in [0.2, 0.25) is 0 Å². The van der Waals surface area contributed by atoms with E-state index in [1.165, 1.54) is 4.90 Å². The van der Waals surface area contributed by atoms with Crippen LogP contribution in [-0.2, 0) is 6.42 Å². The number of benzene rings is 1. The topological polar surface area (TPSA) is 105 Å².